The van der Waals surface area contributed by atoms with Gasteiger partial charge < -0.3 is 0 Å². The van der Waals surface area contributed by atoms with Gasteiger partial charge in [0.25, 0.3) is 5.69 Å². The quantitative estimate of drug-likeness (QED) is 0.647. The summed E-state index contributed by atoms with van der Waals surface area (Å²) in [5.74, 6) is 0. The Balaban J connectivity index is 2.91. The minimum Gasteiger partial charge on any atom is -0.258 e. The molecule has 0 aliphatic heterocycles. The minimum atomic E-state index is -3.07. The van der Waals surface area contributed by atoms with Gasteiger partial charge in [-0.05, 0) is 12.1 Å². The molecule has 8 heteroatoms. The molecule has 0 aromatic heterocycles. The fourth-order valence-corrected chi connectivity index (χ4v) is 1.02. The molecule has 1 aromatic rings. The van der Waals surface area contributed by atoms with Crippen molar-refractivity contribution in [2.75, 3.05) is 5.48 Å². The Hall–Kier alpha value is -1.47. The van der Waals surface area contributed by atoms with Crippen LogP contribution in [0.25, 0.3) is 0 Å². The first-order valence-corrected chi connectivity index (χ1v) is 4.02. The highest BCUT2D eigenvalue weighted by molar-refractivity contribution is 6.30. The first-order chi connectivity index (χ1) is 7.00. The van der Waals surface area contributed by atoms with Crippen LogP contribution in [0.4, 0.5) is 20.2 Å². The lowest BCUT2D eigenvalue weighted by molar-refractivity contribution is -0.384. The summed E-state index contributed by atoms with van der Waals surface area (Å²) in [6, 6.07) is 3.51. The van der Waals surface area contributed by atoms with Gasteiger partial charge in [-0.25, -0.2) is 4.84 Å². The van der Waals surface area contributed by atoms with Crippen LogP contribution in [0.15, 0.2) is 18.2 Å². The maximum absolute atomic E-state index is 11.7. The van der Waals surface area contributed by atoms with Crippen LogP contribution < -0.4 is 5.48 Å². The van der Waals surface area contributed by atoms with E-state index in [1.807, 2.05) is 0 Å². The molecule has 0 aliphatic carbocycles. The summed E-state index contributed by atoms with van der Waals surface area (Å²) in [6.07, 6.45) is 0. The van der Waals surface area contributed by atoms with Crippen LogP contribution in [0.3, 0.4) is 0 Å². The lowest BCUT2D eigenvalue weighted by atomic mass is 10.3. The summed E-state index contributed by atoms with van der Waals surface area (Å²) in [4.78, 5) is 13.4. The summed E-state index contributed by atoms with van der Waals surface area (Å²) in [5.41, 5.74) is 1.14. The number of hydrogen-bond acceptors (Lipinski definition) is 4. The maximum atomic E-state index is 11.7. The molecule has 0 saturated heterocycles. The molecule has 1 aromatic carbocycles. The number of nitro groups is 1. The standard InChI is InChI=1S/C7H5ClF2N2O3/c8-4-1-2-5(11-15-7(9)10)6(3-4)12(13)14/h1-3,7,11H. The molecular weight excluding hydrogens is 234 g/mol. The van der Waals surface area contributed by atoms with Crippen molar-refractivity contribution < 1.29 is 18.5 Å². The smallest absolute Gasteiger partial charge is 0.258 e. The predicted molar refractivity (Wildman–Crippen MR) is 48.8 cm³/mol. The van der Waals surface area contributed by atoms with Crippen molar-refractivity contribution in [3.8, 4) is 0 Å². The Morgan fingerprint density at radius 3 is 2.73 bits per heavy atom. The van der Waals surface area contributed by atoms with E-state index in [0.717, 1.165) is 6.07 Å². The molecule has 0 saturated carbocycles. The van der Waals surface area contributed by atoms with E-state index in [9.17, 15) is 18.9 Å². The molecule has 0 fully saturated rings. The Morgan fingerprint density at radius 2 is 2.20 bits per heavy atom. The van der Waals surface area contributed by atoms with Crippen LogP contribution in [-0.4, -0.2) is 11.5 Å². The molecule has 1 rings (SSSR count). The van der Waals surface area contributed by atoms with E-state index in [-0.39, 0.29) is 10.7 Å². The van der Waals surface area contributed by atoms with Crippen LogP contribution >= 0.6 is 11.6 Å². The predicted octanol–water partition coefficient (Wildman–Crippen LogP) is 2.81. The molecule has 15 heavy (non-hydrogen) atoms. The van der Waals surface area contributed by atoms with E-state index in [2.05, 4.69) is 4.84 Å². The second-order valence-electron chi connectivity index (χ2n) is 2.40. The van der Waals surface area contributed by atoms with E-state index >= 15 is 0 Å². The Morgan fingerprint density at radius 1 is 1.53 bits per heavy atom. The summed E-state index contributed by atoms with van der Waals surface area (Å²) >= 11 is 5.50. The summed E-state index contributed by atoms with van der Waals surface area (Å²) < 4.78 is 23.3. The average Bonchev–Trinajstić information content (AvgIpc) is 2.15. The monoisotopic (exact) mass is 238 g/mol. The van der Waals surface area contributed by atoms with Crippen molar-refractivity contribution in [1.29, 1.82) is 0 Å². The average molecular weight is 239 g/mol. The third kappa shape index (κ3) is 3.30. The number of nitrogens with one attached hydrogen (secondary N) is 1. The second kappa shape index (κ2) is 4.85. The molecule has 1 N–H and O–H groups in total. The van der Waals surface area contributed by atoms with Crippen LogP contribution in [0.2, 0.25) is 5.02 Å². The normalized spacial score (nSPS) is 10.4. The van der Waals surface area contributed by atoms with Gasteiger partial charge in [0.05, 0.1) is 4.92 Å². The first kappa shape index (κ1) is 11.6. The number of rotatable bonds is 4. The highest BCUT2D eigenvalue weighted by Crippen LogP contribution is 2.27. The van der Waals surface area contributed by atoms with Crippen LogP contribution in [0, 0.1) is 10.1 Å². The van der Waals surface area contributed by atoms with Crippen molar-refractivity contribution in [1.82, 2.24) is 0 Å². The summed E-state index contributed by atoms with van der Waals surface area (Å²) in [7, 11) is 0. The largest absolute Gasteiger partial charge is 0.364 e. The SMILES string of the molecule is O=[N+]([O-])c1cc(Cl)ccc1NOC(F)F. The topological polar surface area (TPSA) is 64.4 Å². The molecule has 82 valence electrons. The fourth-order valence-electron chi connectivity index (χ4n) is 0.850. The third-order valence-electron chi connectivity index (χ3n) is 1.41. The second-order valence-corrected chi connectivity index (χ2v) is 2.84. The highest BCUT2D eigenvalue weighted by atomic mass is 35.5. The van der Waals surface area contributed by atoms with Gasteiger partial charge in [0.1, 0.15) is 5.69 Å². The van der Waals surface area contributed by atoms with Crippen molar-refractivity contribution in [2.24, 2.45) is 0 Å². The van der Waals surface area contributed by atoms with Crippen molar-refractivity contribution in [3.05, 3.63) is 33.3 Å². The van der Waals surface area contributed by atoms with Gasteiger partial charge in [-0.3, -0.25) is 15.6 Å². The Bertz CT molecular complexity index is 375. The zero-order valence-electron chi connectivity index (χ0n) is 7.12. The highest BCUT2D eigenvalue weighted by Gasteiger charge is 2.15. The van der Waals surface area contributed by atoms with E-state index in [1.165, 1.54) is 12.1 Å². The van der Waals surface area contributed by atoms with Gasteiger partial charge in [-0.15, -0.1) is 0 Å². The number of halogens is 3. The zero-order chi connectivity index (χ0) is 11.4. The molecule has 5 nitrogen and oxygen atoms in total. The minimum absolute atomic E-state index is 0.129. The van der Waals surface area contributed by atoms with Crippen LogP contribution in [0.1, 0.15) is 0 Å². The molecule has 0 unspecified atom stereocenters. The molecular formula is C7H5ClF2N2O3. The number of benzene rings is 1. The number of hydrogen-bond donors (Lipinski definition) is 1. The summed E-state index contributed by atoms with van der Waals surface area (Å²) in [6.45, 7) is -3.07. The van der Waals surface area contributed by atoms with E-state index in [0.29, 0.717) is 0 Å². The van der Waals surface area contributed by atoms with Gasteiger partial charge in [-0.2, -0.15) is 8.78 Å². The molecule has 0 spiro atoms. The number of nitro benzene ring substituents is 1. The molecule has 0 heterocycles. The maximum Gasteiger partial charge on any atom is 0.364 e. The van der Waals surface area contributed by atoms with Crippen molar-refractivity contribution in [3.63, 3.8) is 0 Å². The van der Waals surface area contributed by atoms with E-state index < -0.39 is 17.2 Å². The van der Waals surface area contributed by atoms with Gasteiger partial charge in [0.15, 0.2) is 0 Å². The summed E-state index contributed by atoms with van der Waals surface area (Å²) in [5, 5.41) is 10.6. The zero-order valence-corrected chi connectivity index (χ0v) is 7.87. The number of nitrogens with zero attached hydrogens (tertiary/aromatic N) is 1. The van der Waals surface area contributed by atoms with E-state index in [4.69, 9.17) is 11.6 Å². The first-order valence-electron chi connectivity index (χ1n) is 3.64. The van der Waals surface area contributed by atoms with Crippen LogP contribution in [0.5, 0.6) is 0 Å². The van der Waals surface area contributed by atoms with Crippen molar-refractivity contribution >= 4 is 23.0 Å². The number of anilines is 1. The lowest BCUT2D eigenvalue weighted by Crippen LogP contribution is -2.08. The molecule has 0 aliphatic rings. The molecule has 0 radical (unpaired) electrons. The molecule has 0 amide bonds. The van der Waals surface area contributed by atoms with E-state index in [1.54, 1.807) is 5.48 Å². The van der Waals surface area contributed by atoms with Gasteiger partial charge in [-0.1, -0.05) is 11.6 Å². The Kier molecular flexibility index (Phi) is 3.75. The third-order valence-corrected chi connectivity index (χ3v) is 1.65. The number of alkyl halides is 2. The van der Waals surface area contributed by atoms with Crippen LogP contribution in [-0.2, 0) is 4.84 Å². The molecule has 0 bridgehead atoms. The Labute approximate surface area is 87.7 Å². The van der Waals surface area contributed by atoms with Gasteiger partial charge >= 0.3 is 6.61 Å². The van der Waals surface area contributed by atoms with Gasteiger partial charge in [0.2, 0.25) is 0 Å². The fraction of sp³-hybridized carbons (Fsp3) is 0.143. The van der Waals surface area contributed by atoms with Crippen molar-refractivity contribution in [2.45, 2.75) is 6.61 Å². The lowest BCUT2D eigenvalue weighted by Gasteiger charge is -2.06. The van der Waals surface area contributed by atoms with Gasteiger partial charge in [0, 0.05) is 11.1 Å². The molecule has 0 atom stereocenters.